The molecule has 3 heterocycles. The number of fused-ring (bicyclic) bond motifs is 1. The van der Waals surface area contributed by atoms with Gasteiger partial charge < -0.3 is 29.2 Å². The first kappa shape index (κ1) is 19.8. The van der Waals surface area contributed by atoms with Gasteiger partial charge in [0.15, 0.2) is 5.76 Å². The Bertz CT molecular complexity index is 1080. The average molecular weight is 423 g/mol. The molecule has 1 saturated heterocycles. The van der Waals surface area contributed by atoms with Crippen molar-refractivity contribution in [3.05, 3.63) is 48.7 Å². The molecule has 4 rings (SSSR count). The van der Waals surface area contributed by atoms with Gasteiger partial charge in [-0.15, -0.1) is 0 Å². The van der Waals surface area contributed by atoms with E-state index in [1.165, 1.54) is 12.3 Å². The van der Waals surface area contributed by atoms with E-state index in [1.807, 2.05) is 30.3 Å². The number of hydrogen-bond donors (Lipinski definition) is 4. The van der Waals surface area contributed by atoms with Crippen LogP contribution in [0.5, 0.6) is 5.75 Å². The second-order valence-corrected chi connectivity index (χ2v) is 8.00. The fraction of sp³-hybridized carbons (Fsp3) is 0.278. The van der Waals surface area contributed by atoms with Crippen LogP contribution in [0.2, 0.25) is 0 Å². The van der Waals surface area contributed by atoms with E-state index in [4.69, 9.17) is 18.4 Å². The highest BCUT2D eigenvalue weighted by molar-refractivity contribution is 7.86. The number of para-hydroxylation sites is 1. The van der Waals surface area contributed by atoms with Crippen molar-refractivity contribution in [1.82, 2.24) is 4.98 Å². The Morgan fingerprint density at radius 1 is 1.00 bits per heavy atom. The van der Waals surface area contributed by atoms with E-state index in [2.05, 4.69) is 4.98 Å². The van der Waals surface area contributed by atoms with Gasteiger partial charge in [-0.2, -0.15) is 8.42 Å². The van der Waals surface area contributed by atoms with E-state index < -0.39 is 40.2 Å². The molecule has 4 N–H and O–H groups in total. The molecule has 1 aliphatic heterocycles. The molecule has 5 atom stereocenters. The lowest BCUT2D eigenvalue weighted by molar-refractivity contribution is -0.254. The van der Waals surface area contributed by atoms with E-state index >= 15 is 0 Å². The smallest absolute Gasteiger partial charge is 0.295 e. The Hall–Kier alpha value is -2.54. The third-order valence-electron chi connectivity index (χ3n) is 4.49. The van der Waals surface area contributed by atoms with Crippen molar-refractivity contribution in [1.29, 1.82) is 0 Å². The molecule has 0 bridgehead atoms. The summed E-state index contributed by atoms with van der Waals surface area (Å²) in [5.74, 6) is 0.614. The molecular formula is C18H17NO9S. The summed E-state index contributed by atoms with van der Waals surface area (Å²) in [6.07, 6.45) is -6.10. The van der Waals surface area contributed by atoms with E-state index in [0.717, 1.165) is 5.39 Å². The number of rotatable bonds is 4. The van der Waals surface area contributed by atoms with Crippen LogP contribution in [0.1, 0.15) is 0 Å². The Morgan fingerprint density at radius 3 is 2.41 bits per heavy atom. The minimum atomic E-state index is -4.86. The zero-order valence-corrected chi connectivity index (χ0v) is 15.5. The summed E-state index contributed by atoms with van der Waals surface area (Å²) in [5, 5.41) is 30.4. The van der Waals surface area contributed by atoms with Crippen molar-refractivity contribution in [2.24, 2.45) is 0 Å². The number of hydrogen-bond acceptors (Lipinski definition) is 9. The summed E-state index contributed by atoms with van der Waals surface area (Å²) in [4.78, 5) is 4.20. The van der Waals surface area contributed by atoms with E-state index in [-0.39, 0.29) is 5.75 Å². The number of pyridine rings is 1. The molecule has 0 aliphatic carbocycles. The number of furan rings is 1. The maximum absolute atomic E-state index is 11.3. The summed E-state index contributed by atoms with van der Waals surface area (Å²) < 4.78 is 47.8. The lowest BCUT2D eigenvalue weighted by Crippen LogP contribution is -2.61. The van der Waals surface area contributed by atoms with Crippen LogP contribution in [-0.2, 0) is 14.9 Å². The quantitative estimate of drug-likeness (QED) is 0.436. The maximum atomic E-state index is 11.3. The van der Waals surface area contributed by atoms with E-state index in [9.17, 15) is 23.7 Å². The van der Waals surface area contributed by atoms with Crippen LogP contribution < -0.4 is 4.74 Å². The normalized spacial score (nSPS) is 27.8. The second kappa shape index (κ2) is 7.37. The first-order valence-electron chi connectivity index (χ1n) is 8.51. The lowest BCUT2D eigenvalue weighted by Gasteiger charge is -2.38. The number of aliphatic hydroxyl groups excluding tert-OH is 3. The predicted molar refractivity (Wildman–Crippen MR) is 98.3 cm³/mol. The molecule has 1 unspecified atom stereocenters. The molecule has 10 nitrogen and oxygen atoms in total. The van der Waals surface area contributed by atoms with Crippen LogP contribution in [0.3, 0.4) is 0 Å². The highest BCUT2D eigenvalue weighted by Gasteiger charge is 2.50. The molecule has 2 aromatic heterocycles. The van der Waals surface area contributed by atoms with Gasteiger partial charge in [0.25, 0.3) is 10.1 Å². The average Bonchev–Trinajstić information content (AvgIpc) is 3.12. The van der Waals surface area contributed by atoms with Crippen LogP contribution >= 0.6 is 0 Å². The summed E-state index contributed by atoms with van der Waals surface area (Å²) in [7, 11) is -4.86. The van der Waals surface area contributed by atoms with Crippen molar-refractivity contribution >= 4 is 21.1 Å². The second-order valence-electron chi connectivity index (χ2n) is 6.51. The van der Waals surface area contributed by atoms with Crippen molar-refractivity contribution < 1.29 is 42.2 Å². The fourth-order valence-corrected chi connectivity index (χ4v) is 3.76. The molecule has 0 spiro atoms. The third-order valence-corrected chi connectivity index (χ3v) is 5.46. The van der Waals surface area contributed by atoms with Crippen molar-refractivity contribution in [3.8, 4) is 17.2 Å². The molecule has 11 heteroatoms. The van der Waals surface area contributed by atoms with Gasteiger partial charge in [0, 0.05) is 5.39 Å². The molecule has 3 aromatic rings. The van der Waals surface area contributed by atoms with Gasteiger partial charge in [0.05, 0.1) is 6.20 Å². The van der Waals surface area contributed by atoms with Crippen LogP contribution in [0.15, 0.2) is 53.1 Å². The fourth-order valence-electron chi connectivity index (χ4n) is 3.00. The molecular weight excluding hydrogens is 406 g/mol. The van der Waals surface area contributed by atoms with Gasteiger partial charge in [0.1, 0.15) is 35.3 Å². The predicted octanol–water partition coefficient (Wildman–Crippen LogP) is 0.526. The van der Waals surface area contributed by atoms with Gasteiger partial charge in [0.2, 0.25) is 11.7 Å². The Balaban J connectivity index is 1.53. The van der Waals surface area contributed by atoms with E-state index in [1.54, 1.807) is 6.07 Å². The highest BCUT2D eigenvalue weighted by Crippen LogP contribution is 2.29. The van der Waals surface area contributed by atoms with Crippen molar-refractivity contribution in [2.75, 3.05) is 0 Å². The zero-order chi connectivity index (χ0) is 20.8. The standard InChI is InChI=1S/C18H17NO9S/c20-14-15(21)17(28-18(16(14)22)29(23,24)25)26-10-5-6-11(19-8-10)13-7-9-3-1-2-4-12(9)27-13/h1-8,14-18,20-22H,(H,23,24,25)/t14-,15-,16+,17-,18?/m1/s1. The number of aliphatic hydroxyl groups is 3. The number of nitrogens with zero attached hydrogens (tertiary/aromatic N) is 1. The summed E-state index contributed by atoms with van der Waals surface area (Å²) >= 11 is 0. The Kier molecular flexibility index (Phi) is 5.02. The molecule has 1 aliphatic rings. The first-order chi connectivity index (χ1) is 13.7. The van der Waals surface area contributed by atoms with Gasteiger partial charge in [-0.3, -0.25) is 4.55 Å². The molecule has 1 fully saturated rings. The molecule has 0 saturated carbocycles. The molecule has 0 amide bonds. The largest absolute Gasteiger partial charge is 0.460 e. The SMILES string of the molecule is O=S(=O)(O)C1O[C@@H](Oc2ccc(-c3cc4ccccc4o3)nc2)[C@H](O)[C@@H](O)[C@@H]1O. The van der Waals surface area contributed by atoms with Crippen LogP contribution in [0.4, 0.5) is 0 Å². The minimum Gasteiger partial charge on any atom is -0.460 e. The maximum Gasteiger partial charge on any atom is 0.295 e. The number of benzene rings is 1. The number of ether oxygens (including phenoxy) is 2. The van der Waals surface area contributed by atoms with Gasteiger partial charge in [-0.25, -0.2) is 4.98 Å². The first-order valence-corrected chi connectivity index (χ1v) is 10.0. The highest BCUT2D eigenvalue weighted by atomic mass is 32.2. The van der Waals surface area contributed by atoms with E-state index in [0.29, 0.717) is 17.0 Å². The van der Waals surface area contributed by atoms with Gasteiger partial charge >= 0.3 is 0 Å². The van der Waals surface area contributed by atoms with Crippen molar-refractivity contribution in [2.45, 2.75) is 30.0 Å². The zero-order valence-electron chi connectivity index (χ0n) is 14.7. The topological polar surface area (TPSA) is 160 Å². The van der Waals surface area contributed by atoms with Gasteiger partial charge in [-0.1, -0.05) is 18.2 Å². The van der Waals surface area contributed by atoms with Crippen LogP contribution in [0.25, 0.3) is 22.4 Å². The molecule has 0 radical (unpaired) electrons. The third kappa shape index (κ3) is 3.83. The molecule has 154 valence electrons. The molecule has 1 aromatic carbocycles. The Labute approximate surface area is 164 Å². The van der Waals surface area contributed by atoms with Gasteiger partial charge in [-0.05, 0) is 24.3 Å². The summed E-state index contributed by atoms with van der Waals surface area (Å²) in [6.45, 7) is 0. The van der Waals surface area contributed by atoms with Crippen LogP contribution in [-0.4, -0.2) is 63.3 Å². The van der Waals surface area contributed by atoms with Crippen molar-refractivity contribution in [3.63, 3.8) is 0 Å². The Morgan fingerprint density at radius 2 is 1.76 bits per heavy atom. The molecule has 29 heavy (non-hydrogen) atoms. The minimum absolute atomic E-state index is 0.0894. The number of aromatic nitrogens is 1. The monoisotopic (exact) mass is 423 g/mol. The summed E-state index contributed by atoms with van der Waals surface area (Å²) in [5.41, 5.74) is -0.967. The van der Waals surface area contributed by atoms with Crippen LogP contribution in [0, 0.1) is 0 Å². The lowest BCUT2D eigenvalue weighted by atomic mass is 10.1. The summed E-state index contributed by atoms with van der Waals surface area (Å²) in [6, 6.07) is 12.3.